The summed E-state index contributed by atoms with van der Waals surface area (Å²) in [5.41, 5.74) is 2.09. The molecular formula is C30H34N4O6. The Balaban J connectivity index is 1.09. The average Bonchev–Trinajstić information content (AvgIpc) is 3.74. The van der Waals surface area contributed by atoms with E-state index < -0.39 is 5.91 Å². The number of nitrogens with one attached hydrogen (secondary N) is 3. The first kappa shape index (κ1) is 27.2. The standard InChI is InChI=1S/C30H34N4O6/c35-17-24-26(38-18-20-7-2-1-3-8-20)11-6-12-27(24)39-19-29(36)32-28-16-25(33-34-28)21-13-14-23(15-21)40-30(37)31-22-9-4-5-10-22/h1-3,6-8,11-12,16-17,21-23H,4-5,9-10,13-15,18-19H2,(H,31,37)(H2,32,33,34,36)/t21-,23+/m0/s1. The lowest BCUT2D eigenvalue weighted by Crippen LogP contribution is -2.35. The van der Waals surface area contributed by atoms with E-state index in [-0.39, 0.29) is 42.1 Å². The van der Waals surface area contributed by atoms with E-state index in [0.29, 0.717) is 30.9 Å². The number of H-pyrrole nitrogens is 1. The number of hydrogen-bond acceptors (Lipinski definition) is 7. The molecule has 0 aliphatic heterocycles. The molecule has 2 aliphatic rings. The Hall–Kier alpha value is -4.34. The smallest absolute Gasteiger partial charge is 0.407 e. The molecule has 5 rings (SSSR count). The van der Waals surface area contributed by atoms with E-state index in [9.17, 15) is 14.4 Å². The number of rotatable bonds is 11. The molecule has 0 saturated heterocycles. The predicted molar refractivity (Wildman–Crippen MR) is 148 cm³/mol. The maximum absolute atomic E-state index is 12.6. The Labute approximate surface area is 232 Å². The number of hydrogen-bond donors (Lipinski definition) is 3. The molecule has 210 valence electrons. The summed E-state index contributed by atoms with van der Waals surface area (Å²) in [4.78, 5) is 36.5. The Morgan fingerprint density at radius 1 is 0.975 bits per heavy atom. The number of aromatic nitrogens is 2. The summed E-state index contributed by atoms with van der Waals surface area (Å²) < 4.78 is 17.1. The first-order valence-electron chi connectivity index (χ1n) is 13.8. The van der Waals surface area contributed by atoms with E-state index in [1.54, 1.807) is 24.3 Å². The van der Waals surface area contributed by atoms with Crippen LogP contribution in [0.2, 0.25) is 0 Å². The zero-order chi connectivity index (χ0) is 27.7. The summed E-state index contributed by atoms with van der Waals surface area (Å²) >= 11 is 0. The first-order chi connectivity index (χ1) is 19.6. The van der Waals surface area contributed by atoms with Gasteiger partial charge >= 0.3 is 6.09 Å². The van der Waals surface area contributed by atoms with Gasteiger partial charge in [-0.2, -0.15) is 5.10 Å². The van der Waals surface area contributed by atoms with Crippen molar-refractivity contribution in [2.75, 3.05) is 11.9 Å². The van der Waals surface area contributed by atoms with Gasteiger partial charge in [0.15, 0.2) is 18.7 Å². The Morgan fingerprint density at radius 3 is 2.52 bits per heavy atom. The second kappa shape index (κ2) is 13.1. The van der Waals surface area contributed by atoms with Crippen molar-refractivity contribution in [1.82, 2.24) is 15.5 Å². The quantitative estimate of drug-likeness (QED) is 0.284. The van der Waals surface area contributed by atoms with E-state index in [1.165, 1.54) is 0 Å². The van der Waals surface area contributed by atoms with Gasteiger partial charge in [-0.3, -0.25) is 14.7 Å². The Bertz CT molecular complexity index is 1300. The first-order valence-corrected chi connectivity index (χ1v) is 13.8. The van der Waals surface area contributed by atoms with Gasteiger partial charge < -0.3 is 24.8 Å². The van der Waals surface area contributed by atoms with Gasteiger partial charge in [-0.05, 0) is 49.8 Å². The van der Waals surface area contributed by atoms with E-state index in [2.05, 4.69) is 20.8 Å². The molecule has 0 spiro atoms. The van der Waals surface area contributed by atoms with Crippen LogP contribution in [-0.2, 0) is 16.1 Å². The van der Waals surface area contributed by atoms with Gasteiger partial charge in [-0.15, -0.1) is 0 Å². The average molecular weight is 547 g/mol. The molecule has 40 heavy (non-hydrogen) atoms. The third-order valence-corrected chi connectivity index (χ3v) is 7.38. The lowest BCUT2D eigenvalue weighted by Gasteiger charge is -2.16. The van der Waals surface area contributed by atoms with Gasteiger partial charge in [0.05, 0.1) is 5.56 Å². The molecule has 1 heterocycles. The summed E-state index contributed by atoms with van der Waals surface area (Å²) in [5.74, 6) is 0.757. The topological polar surface area (TPSA) is 132 Å². The number of alkyl carbamates (subject to hydrolysis) is 1. The van der Waals surface area contributed by atoms with Crippen molar-refractivity contribution in [2.24, 2.45) is 0 Å². The van der Waals surface area contributed by atoms with E-state index in [0.717, 1.165) is 49.8 Å². The van der Waals surface area contributed by atoms with Crippen molar-refractivity contribution >= 4 is 24.1 Å². The van der Waals surface area contributed by atoms with Gasteiger partial charge in [0.2, 0.25) is 0 Å². The molecule has 2 aromatic carbocycles. The van der Waals surface area contributed by atoms with E-state index in [4.69, 9.17) is 14.2 Å². The van der Waals surface area contributed by atoms with Gasteiger partial charge in [0.25, 0.3) is 5.91 Å². The molecule has 2 aliphatic carbocycles. The fourth-order valence-electron chi connectivity index (χ4n) is 5.31. The van der Waals surface area contributed by atoms with E-state index >= 15 is 0 Å². The molecule has 2 amide bonds. The minimum absolute atomic E-state index is 0.138. The number of amides is 2. The summed E-state index contributed by atoms with van der Waals surface area (Å²) in [6.07, 6.45) is 6.87. The summed E-state index contributed by atoms with van der Waals surface area (Å²) in [6.45, 7) is -0.00470. The number of carbonyl (C=O) groups is 3. The molecule has 1 aromatic heterocycles. The molecular weight excluding hydrogens is 512 g/mol. The number of aldehydes is 1. The Morgan fingerprint density at radius 2 is 1.75 bits per heavy atom. The van der Waals surface area contributed by atoms with Crippen LogP contribution in [0.3, 0.4) is 0 Å². The van der Waals surface area contributed by atoms with Gasteiger partial charge in [-0.1, -0.05) is 49.2 Å². The SMILES string of the molecule is O=Cc1c(OCC(=O)Nc2cc([C@H]3CC[C@@H](OC(=O)NC4CCCC4)C3)[nH]n2)cccc1OCc1ccccc1. The van der Waals surface area contributed by atoms with Gasteiger partial charge in [0.1, 0.15) is 24.2 Å². The minimum atomic E-state index is -0.415. The highest BCUT2D eigenvalue weighted by Crippen LogP contribution is 2.36. The predicted octanol–water partition coefficient (Wildman–Crippen LogP) is 5.12. The number of nitrogens with zero attached hydrogens (tertiary/aromatic N) is 1. The van der Waals surface area contributed by atoms with Crippen LogP contribution in [0.5, 0.6) is 11.5 Å². The van der Waals surface area contributed by atoms with E-state index in [1.807, 2.05) is 30.3 Å². The fourth-order valence-corrected chi connectivity index (χ4v) is 5.31. The fraction of sp³-hybridized carbons (Fsp3) is 0.400. The van der Waals surface area contributed by atoms with Crippen molar-refractivity contribution in [3.05, 3.63) is 71.4 Å². The third-order valence-electron chi connectivity index (χ3n) is 7.38. The highest BCUT2D eigenvalue weighted by molar-refractivity contribution is 5.91. The maximum atomic E-state index is 12.6. The molecule has 10 heteroatoms. The van der Waals surface area contributed by atoms with Gasteiger partial charge in [-0.25, -0.2) is 4.79 Å². The molecule has 10 nitrogen and oxygen atoms in total. The summed E-state index contributed by atoms with van der Waals surface area (Å²) in [7, 11) is 0. The molecule has 0 bridgehead atoms. The molecule has 0 radical (unpaired) electrons. The number of carbonyl (C=O) groups excluding carboxylic acids is 3. The molecule has 2 atom stereocenters. The lowest BCUT2D eigenvalue weighted by molar-refractivity contribution is -0.118. The van der Waals surface area contributed by atoms with Crippen LogP contribution in [-0.4, -0.2) is 47.2 Å². The molecule has 2 saturated carbocycles. The highest BCUT2D eigenvalue weighted by atomic mass is 16.6. The number of benzene rings is 2. The van der Waals surface area contributed by atoms with Crippen molar-refractivity contribution < 1.29 is 28.6 Å². The monoisotopic (exact) mass is 546 g/mol. The Kier molecular flexibility index (Phi) is 8.95. The van der Waals surface area contributed by atoms with Gasteiger partial charge in [0, 0.05) is 23.7 Å². The lowest BCUT2D eigenvalue weighted by atomic mass is 10.0. The van der Waals surface area contributed by atoms with Crippen LogP contribution in [0.15, 0.2) is 54.6 Å². The van der Waals surface area contributed by atoms with Crippen molar-refractivity contribution in [3.8, 4) is 11.5 Å². The zero-order valence-corrected chi connectivity index (χ0v) is 22.3. The second-order valence-electron chi connectivity index (χ2n) is 10.3. The minimum Gasteiger partial charge on any atom is -0.488 e. The van der Waals surface area contributed by atoms with Crippen molar-refractivity contribution in [1.29, 1.82) is 0 Å². The van der Waals surface area contributed by atoms with Crippen LogP contribution in [0.25, 0.3) is 0 Å². The number of anilines is 1. The molecule has 2 fully saturated rings. The van der Waals surface area contributed by atoms with Crippen molar-refractivity contribution in [2.45, 2.75) is 69.6 Å². The van der Waals surface area contributed by atoms with Crippen LogP contribution in [0.4, 0.5) is 10.6 Å². The van der Waals surface area contributed by atoms with Crippen LogP contribution >= 0.6 is 0 Å². The summed E-state index contributed by atoms with van der Waals surface area (Å²) in [6, 6.07) is 16.6. The van der Waals surface area contributed by atoms with Crippen LogP contribution < -0.4 is 20.1 Å². The number of aromatic amines is 1. The maximum Gasteiger partial charge on any atom is 0.407 e. The normalized spacial score (nSPS) is 18.7. The summed E-state index contributed by atoms with van der Waals surface area (Å²) in [5, 5.41) is 12.9. The van der Waals surface area contributed by atoms with Crippen molar-refractivity contribution in [3.63, 3.8) is 0 Å². The van der Waals surface area contributed by atoms with Crippen LogP contribution in [0, 0.1) is 0 Å². The third kappa shape index (κ3) is 7.19. The second-order valence-corrected chi connectivity index (χ2v) is 10.3. The molecule has 0 unspecified atom stereocenters. The highest BCUT2D eigenvalue weighted by Gasteiger charge is 2.30. The molecule has 3 aromatic rings. The number of ether oxygens (including phenoxy) is 3. The molecule has 3 N–H and O–H groups in total. The largest absolute Gasteiger partial charge is 0.488 e. The zero-order valence-electron chi connectivity index (χ0n) is 22.3. The van der Waals surface area contributed by atoms with Crippen LogP contribution in [0.1, 0.15) is 72.5 Å².